The maximum atomic E-state index is 4.29. The fourth-order valence-electron chi connectivity index (χ4n) is 1.29. The van der Waals surface area contributed by atoms with Crippen LogP contribution in [-0.2, 0) is 13.6 Å². The average molecular weight is 176 g/mol. The van der Waals surface area contributed by atoms with Crippen molar-refractivity contribution in [2.24, 2.45) is 7.05 Å². The highest BCUT2D eigenvalue weighted by atomic mass is 15.3. The lowest BCUT2D eigenvalue weighted by atomic mass is 10.4. The van der Waals surface area contributed by atoms with E-state index in [2.05, 4.69) is 10.2 Å². The van der Waals surface area contributed by atoms with Crippen molar-refractivity contribution in [3.8, 4) is 0 Å². The summed E-state index contributed by atoms with van der Waals surface area (Å²) in [5.41, 5.74) is 2.22. The van der Waals surface area contributed by atoms with Gasteiger partial charge in [0.2, 0.25) is 0 Å². The first-order valence-corrected chi connectivity index (χ1v) is 4.21. The van der Waals surface area contributed by atoms with Crippen LogP contribution in [0.15, 0.2) is 24.7 Å². The van der Waals surface area contributed by atoms with Gasteiger partial charge in [-0.05, 0) is 13.0 Å². The van der Waals surface area contributed by atoms with Crippen LogP contribution in [0.4, 0.5) is 0 Å². The van der Waals surface area contributed by atoms with Gasteiger partial charge in [0.05, 0.1) is 18.4 Å². The Kier molecular flexibility index (Phi) is 1.88. The lowest BCUT2D eigenvalue weighted by molar-refractivity contribution is 0.678. The summed E-state index contributed by atoms with van der Waals surface area (Å²) in [6.07, 6.45) is 5.83. The van der Waals surface area contributed by atoms with Gasteiger partial charge in [0.1, 0.15) is 0 Å². The van der Waals surface area contributed by atoms with Crippen LogP contribution in [-0.4, -0.2) is 19.6 Å². The van der Waals surface area contributed by atoms with Gasteiger partial charge in [0.25, 0.3) is 0 Å². The summed E-state index contributed by atoms with van der Waals surface area (Å²) in [6.45, 7) is 2.78. The molecule has 0 fully saturated rings. The Labute approximate surface area is 76.8 Å². The summed E-state index contributed by atoms with van der Waals surface area (Å²) in [6, 6.07) is 2.00. The van der Waals surface area contributed by atoms with Crippen molar-refractivity contribution >= 4 is 0 Å². The molecule has 68 valence electrons. The summed E-state index contributed by atoms with van der Waals surface area (Å²) in [5.74, 6) is 0. The molecule has 0 bridgehead atoms. The number of nitrogens with zero attached hydrogens (tertiary/aromatic N) is 4. The summed E-state index contributed by atoms with van der Waals surface area (Å²) in [7, 11) is 1.91. The molecule has 2 heterocycles. The Hall–Kier alpha value is -1.58. The molecule has 0 N–H and O–H groups in total. The van der Waals surface area contributed by atoms with Gasteiger partial charge < -0.3 is 0 Å². The molecule has 0 unspecified atom stereocenters. The van der Waals surface area contributed by atoms with Gasteiger partial charge in [-0.15, -0.1) is 0 Å². The van der Waals surface area contributed by atoms with E-state index in [4.69, 9.17) is 0 Å². The molecule has 2 rings (SSSR count). The minimum atomic E-state index is 0.793. The fourth-order valence-corrected chi connectivity index (χ4v) is 1.29. The topological polar surface area (TPSA) is 35.6 Å². The van der Waals surface area contributed by atoms with Crippen molar-refractivity contribution in [2.45, 2.75) is 13.5 Å². The first-order valence-electron chi connectivity index (χ1n) is 4.21. The molecule has 0 amide bonds. The molecule has 0 aliphatic rings. The molecule has 13 heavy (non-hydrogen) atoms. The number of aromatic nitrogens is 4. The SMILES string of the molecule is Cc1ccn(Cc2cnn(C)c2)n1. The maximum absolute atomic E-state index is 4.29. The van der Waals surface area contributed by atoms with Crippen molar-refractivity contribution < 1.29 is 0 Å². The van der Waals surface area contributed by atoms with Crippen LogP contribution in [0.25, 0.3) is 0 Å². The first kappa shape index (κ1) is 8.04. The second-order valence-electron chi connectivity index (χ2n) is 3.18. The number of hydrogen-bond donors (Lipinski definition) is 0. The van der Waals surface area contributed by atoms with Gasteiger partial charge in [0.15, 0.2) is 0 Å². The fraction of sp³-hybridized carbons (Fsp3) is 0.333. The molecule has 0 aromatic carbocycles. The van der Waals surface area contributed by atoms with E-state index in [0.29, 0.717) is 0 Å². The quantitative estimate of drug-likeness (QED) is 0.683. The van der Waals surface area contributed by atoms with Gasteiger partial charge in [-0.1, -0.05) is 0 Å². The van der Waals surface area contributed by atoms with E-state index in [9.17, 15) is 0 Å². The van der Waals surface area contributed by atoms with Crippen molar-refractivity contribution in [1.29, 1.82) is 0 Å². The number of rotatable bonds is 2. The summed E-state index contributed by atoms with van der Waals surface area (Å²) < 4.78 is 3.71. The highest BCUT2D eigenvalue weighted by Crippen LogP contribution is 2.00. The molecule has 4 heteroatoms. The molecule has 0 saturated heterocycles. The average Bonchev–Trinajstić information content (AvgIpc) is 2.62. The van der Waals surface area contributed by atoms with Gasteiger partial charge in [-0.25, -0.2) is 0 Å². The lowest BCUT2D eigenvalue weighted by Gasteiger charge is -1.96. The van der Waals surface area contributed by atoms with Crippen LogP contribution in [0.3, 0.4) is 0 Å². The zero-order valence-electron chi connectivity index (χ0n) is 7.81. The number of aryl methyl sites for hydroxylation is 2. The van der Waals surface area contributed by atoms with Crippen LogP contribution < -0.4 is 0 Å². The van der Waals surface area contributed by atoms with Gasteiger partial charge in [-0.2, -0.15) is 10.2 Å². The smallest absolute Gasteiger partial charge is 0.0690 e. The molecule has 0 radical (unpaired) electrons. The molecule has 2 aromatic rings. The van der Waals surface area contributed by atoms with Gasteiger partial charge in [-0.3, -0.25) is 9.36 Å². The summed E-state index contributed by atoms with van der Waals surface area (Å²) in [5, 5.41) is 8.39. The van der Waals surface area contributed by atoms with Crippen molar-refractivity contribution in [2.75, 3.05) is 0 Å². The minimum absolute atomic E-state index is 0.793. The normalized spacial score (nSPS) is 10.6. The highest BCUT2D eigenvalue weighted by Gasteiger charge is 1.98. The third kappa shape index (κ3) is 1.77. The molecule has 0 aliphatic carbocycles. The largest absolute Gasteiger partial charge is 0.275 e. The molecule has 0 spiro atoms. The highest BCUT2D eigenvalue weighted by molar-refractivity contribution is 5.05. The van der Waals surface area contributed by atoms with Crippen molar-refractivity contribution in [3.63, 3.8) is 0 Å². The molecule has 4 nitrogen and oxygen atoms in total. The standard InChI is InChI=1S/C9H12N4/c1-8-3-4-13(11-8)7-9-5-10-12(2)6-9/h3-6H,7H2,1-2H3. The van der Waals surface area contributed by atoms with Crippen molar-refractivity contribution in [1.82, 2.24) is 19.6 Å². The molecule has 2 aromatic heterocycles. The molecular weight excluding hydrogens is 164 g/mol. The van der Waals surface area contributed by atoms with E-state index >= 15 is 0 Å². The third-order valence-corrected chi connectivity index (χ3v) is 1.88. The summed E-state index contributed by atoms with van der Waals surface area (Å²) >= 11 is 0. The van der Waals surface area contributed by atoms with Crippen LogP contribution in [0.2, 0.25) is 0 Å². The minimum Gasteiger partial charge on any atom is -0.275 e. The Bertz CT molecular complexity index is 361. The summed E-state index contributed by atoms with van der Waals surface area (Å²) in [4.78, 5) is 0. The van der Waals surface area contributed by atoms with E-state index in [-0.39, 0.29) is 0 Å². The molecule has 0 aliphatic heterocycles. The monoisotopic (exact) mass is 176 g/mol. The second-order valence-corrected chi connectivity index (χ2v) is 3.18. The van der Waals surface area contributed by atoms with E-state index in [1.165, 1.54) is 5.56 Å². The molecule has 0 saturated carbocycles. The van der Waals surface area contributed by atoms with Gasteiger partial charge >= 0.3 is 0 Å². The van der Waals surface area contributed by atoms with E-state index < -0.39 is 0 Å². The van der Waals surface area contributed by atoms with E-state index in [1.54, 1.807) is 4.68 Å². The first-order chi connectivity index (χ1) is 6.24. The zero-order valence-corrected chi connectivity index (χ0v) is 7.81. The van der Waals surface area contributed by atoms with E-state index in [1.807, 2.05) is 43.3 Å². The number of hydrogen-bond acceptors (Lipinski definition) is 2. The second kappa shape index (κ2) is 3.05. The molecule has 0 atom stereocenters. The Morgan fingerprint density at radius 3 is 2.85 bits per heavy atom. The Balaban J connectivity index is 2.14. The lowest BCUT2D eigenvalue weighted by Crippen LogP contribution is -1.99. The Morgan fingerprint density at radius 1 is 1.46 bits per heavy atom. The van der Waals surface area contributed by atoms with E-state index in [0.717, 1.165) is 12.2 Å². The van der Waals surface area contributed by atoms with Gasteiger partial charge in [0, 0.05) is 25.0 Å². The van der Waals surface area contributed by atoms with Crippen LogP contribution in [0.5, 0.6) is 0 Å². The van der Waals surface area contributed by atoms with Crippen molar-refractivity contribution in [3.05, 3.63) is 35.9 Å². The maximum Gasteiger partial charge on any atom is 0.0690 e. The van der Waals surface area contributed by atoms with Crippen LogP contribution in [0, 0.1) is 6.92 Å². The predicted octanol–water partition coefficient (Wildman–Crippen LogP) is 0.973. The van der Waals surface area contributed by atoms with Crippen LogP contribution >= 0.6 is 0 Å². The Morgan fingerprint density at radius 2 is 2.31 bits per heavy atom. The zero-order chi connectivity index (χ0) is 9.26. The predicted molar refractivity (Wildman–Crippen MR) is 49.3 cm³/mol. The molecular formula is C9H12N4. The third-order valence-electron chi connectivity index (χ3n) is 1.88. The van der Waals surface area contributed by atoms with Crippen LogP contribution in [0.1, 0.15) is 11.3 Å².